The van der Waals surface area contributed by atoms with Gasteiger partial charge in [-0.3, -0.25) is 4.84 Å². The van der Waals surface area contributed by atoms with Crippen LogP contribution >= 0.6 is 6.04 Å². The molecule has 2 atom stereocenters. The minimum absolute atomic E-state index is 0.0990. The molecule has 2 fully saturated rings. The lowest BCUT2D eigenvalue weighted by atomic mass is 10.0. The smallest absolute Gasteiger partial charge is 0.117 e. The van der Waals surface area contributed by atoms with Crippen LogP contribution in [-0.4, -0.2) is 22.5 Å². The number of fused-ring (bicyclic) bond motifs is 1. The molecule has 4 rings (SSSR count). The first-order valence-electron chi connectivity index (χ1n) is 8.69. The number of hydroxylamine groups is 2. The summed E-state index contributed by atoms with van der Waals surface area (Å²) in [5.74, 6) is 0.0990. The van der Waals surface area contributed by atoms with Crippen LogP contribution in [0.1, 0.15) is 33.1 Å². The summed E-state index contributed by atoms with van der Waals surface area (Å²) in [5.41, 5.74) is 0.118. The zero-order valence-electron chi connectivity index (χ0n) is 14.3. The second kappa shape index (κ2) is 6.07. The molecule has 0 bridgehead atoms. The Morgan fingerprint density at radius 3 is 2.04 bits per heavy atom. The molecule has 0 aliphatic carbocycles. The van der Waals surface area contributed by atoms with E-state index in [-0.39, 0.29) is 11.4 Å². The first-order chi connectivity index (χ1) is 11.5. The van der Waals surface area contributed by atoms with E-state index in [9.17, 15) is 0 Å². The average Bonchev–Trinajstić information content (AvgIpc) is 3.17. The van der Waals surface area contributed by atoms with E-state index in [1.165, 1.54) is 23.5 Å². The van der Waals surface area contributed by atoms with Crippen LogP contribution in [0.5, 0.6) is 0 Å². The highest BCUT2D eigenvalue weighted by Crippen LogP contribution is 2.56. The maximum absolute atomic E-state index is 6.55. The van der Waals surface area contributed by atoms with Gasteiger partial charge in [0.25, 0.3) is 0 Å². The van der Waals surface area contributed by atoms with E-state index in [4.69, 9.17) is 16.6 Å². The maximum Gasteiger partial charge on any atom is 0.117 e. The number of hydrogen-bond donors (Lipinski definition) is 0. The molecule has 0 N–H and O–H groups in total. The normalized spacial score (nSPS) is 26.4. The van der Waals surface area contributed by atoms with E-state index in [2.05, 4.69) is 79.6 Å². The average molecular weight is 357 g/mol. The molecule has 2 aromatic rings. The van der Waals surface area contributed by atoms with E-state index >= 15 is 0 Å². The molecule has 2 nitrogen and oxygen atoms in total. The molecular weight excluding hydrogens is 333 g/mol. The maximum atomic E-state index is 6.55. The minimum Gasteiger partial charge on any atom is -0.289 e. The Labute approximate surface area is 149 Å². The monoisotopic (exact) mass is 357 g/mol. The Kier molecular flexibility index (Phi) is 4.17. The van der Waals surface area contributed by atoms with E-state index in [1.807, 2.05) is 0 Å². The van der Waals surface area contributed by atoms with Crippen LogP contribution < -0.4 is 10.6 Å². The van der Waals surface area contributed by atoms with Gasteiger partial charge in [-0.25, -0.2) is 0 Å². The zero-order valence-corrected chi connectivity index (χ0v) is 16.0. The molecule has 0 aromatic heterocycles. The van der Waals surface area contributed by atoms with Crippen LogP contribution in [0.25, 0.3) is 0 Å². The summed E-state index contributed by atoms with van der Waals surface area (Å²) < 4.78 is 0. The molecule has 0 radical (unpaired) electrons. The van der Waals surface area contributed by atoms with Gasteiger partial charge in [-0.2, -0.15) is 5.06 Å². The summed E-state index contributed by atoms with van der Waals surface area (Å²) in [6.45, 7) is 4.56. The van der Waals surface area contributed by atoms with Crippen molar-refractivity contribution in [1.82, 2.24) is 5.06 Å². The second-order valence-corrected chi connectivity index (χ2v) is 12.1. The summed E-state index contributed by atoms with van der Waals surface area (Å²) in [4.78, 5) is 6.55. The predicted molar refractivity (Wildman–Crippen MR) is 105 cm³/mol. The van der Waals surface area contributed by atoms with Gasteiger partial charge in [0.2, 0.25) is 0 Å². The first-order valence-corrected chi connectivity index (χ1v) is 11.6. The van der Waals surface area contributed by atoms with Gasteiger partial charge in [-0.05, 0) is 43.7 Å². The van der Waals surface area contributed by atoms with Crippen LogP contribution in [0.4, 0.5) is 0 Å². The van der Waals surface area contributed by atoms with E-state index in [0.717, 1.165) is 6.42 Å². The van der Waals surface area contributed by atoms with Gasteiger partial charge in [-0.1, -0.05) is 72.5 Å². The van der Waals surface area contributed by atoms with Crippen LogP contribution in [0.2, 0.25) is 0 Å². The molecule has 2 aliphatic rings. The van der Waals surface area contributed by atoms with Crippen molar-refractivity contribution in [3.63, 3.8) is 0 Å². The molecule has 0 spiro atoms. The molecule has 4 heteroatoms. The summed E-state index contributed by atoms with van der Waals surface area (Å²) in [7, 11) is 0. The van der Waals surface area contributed by atoms with Crippen molar-refractivity contribution in [2.75, 3.05) is 0 Å². The van der Waals surface area contributed by atoms with Gasteiger partial charge in [0.15, 0.2) is 0 Å². The highest BCUT2D eigenvalue weighted by molar-refractivity contribution is 8.22. The fraction of sp³-hybridized carbons (Fsp3) is 0.400. The van der Waals surface area contributed by atoms with Gasteiger partial charge in [0, 0.05) is 17.6 Å². The Morgan fingerprint density at radius 1 is 1.00 bits per heavy atom. The van der Waals surface area contributed by atoms with Crippen LogP contribution in [0.3, 0.4) is 0 Å². The van der Waals surface area contributed by atoms with E-state index in [0.29, 0.717) is 6.04 Å². The molecule has 0 saturated carbocycles. The molecule has 0 unspecified atom stereocenters. The lowest BCUT2D eigenvalue weighted by molar-refractivity contribution is -0.179. The topological polar surface area (TPSA) is 12.5 Å². The van der Waals surface area contributed by atoms with Crippen LogP contribution in [-0.2, 0) is 16.6 Å². The standard InChI is InChI=1S/C20H24NOPS/c1-20(2)14-13-16-15-19(22-21(16)20)23(24,17-9-5-3-6-10-17)18-11-7-4-8-12-18/h3-12,16,19H,13-15H2,1-2H3/t16-,19-/m1/s1. The predicted octanol–water partition coefficient (Wildman–Crippen LogP) is 4.02. The number of nitrogens with zero attached hydrogens (tertiary/aromatic N) is 1. The summed E-state index contributed by atoms with van der Waals surface area (Å²) in [6, 6.07) is 19.8. The fourth-order valence-corrected chi connectivity index (χ4v) is 8.16. The Bertz CT molecular complexity index is 718. The lowest BCUT2D eigenvalue weighted by Crippen LogP contribution is -2.39. The summed E-state index contributed by atoms with van der Waals surface area (Å²) in [5, 5.41) is 4.77. The quantitative estimate of drug-likeness (QED) is 0.770. The highest BCUT2D eigenvalue weighted by atomic mass is 32.4. The molecule has 2 saturated heterocycles. The molecular formula is C20H24NOPS. The van der Waals surface area contributed by atoms with E-state index in [1.54, 1.807) is 0 Å². The number of hydrogen-bond acceptors (Lipinski definition) is 3. The zero-order chi connectivity index (χ0) is 16.8. The van der Waals surface area contributed by atoms with Crippen molar-refractivity contribution >= 4 is 28.5 Å². The van der Waals surface area contributed by atoms with Gasteiger partial charge in [-0.15, -0.1) is 0 Å². The van der Waals surface area contributed by atoms with Gasteiger partial charge in [0.05, 0.1) is 0 Å². The summed E-state index contributed by atoms with van der Waals surface area (Å²) >= 11 is 6.41. The van der Waals surface area contributed by atoms with E-state index < -0.39 is 6.04 Å². The van der Waals surface area contributed by atoms with Crippen molar-refractivity contribution in [3.8, 4) is 0 Å². The molecule has 2 aromatic carbocycles. The van der Waals surface area contributed by atoms with Crippen LogP contribution in [0.15, 0.2) is 60.7 Å². The van der Waals surface area contributed by atoms with Gasteiger partial charge >= 0.3 is 0 Å². The first kappa shape index (κ1) is 16.5. The second-order valence-electron chi connectivity index (χ2n) is 7.46. The fourth-order valence-electron chi connectivity index (χ4n) is 4.09. The van der Waals surface area contributed by atoms with Gasteiger partial charge < -0.3 is 0 Å². The van der Waals surface area contributed by atoms with Gasteiger partial charge in [0.1, 0.15) is 5.85 Å². The van der Waals surface area contributed by atoms with Crippen molar-refractivity contribution in [1.29, 1.82) is 0 Å². The van der Waals surface area contributed by atoms with Crippen molar-refractivity contribution in [2.24, 2.45) is 0 Å². The molecule has 126 valence electrons. The molecule has 2 aliphatic heterocycles. The largest absolute Gasteiger partial charge is 0.289 e. The Morgan fingerprint density at radius 2 is 1.54 bits per heavy atom. The van der Waals surface area contributed by atoms with Crippen molar-refractivity contribution in [2.45, 2.75) is 50.5 Å². The SMILES string of the molecule is CC1(C)CC[C@@H]2C[C@@H](P(=S)(c3ccccc3)c3ccccc3)ON21. The van der Waals surface area contributed by atoms with Crippen molar-refractivity contribution < 1.29 is 4.84 Å². The van der Waals surface area contributed by atoms with Crippen LogP contribution in [0, 0.1) is 0 Å². The number of benzene rings is 2. The highest BCUT2D eigenvalue weighted by Gasteiger charge is 2.51. The minimum atomic E-state index is -2.01. The molecule has 24 heavy (non-hydrogen) atoms. The Balaban J connectivity index is 1.77. The Hall–Kier alpha value is -0.990. The molecule has 0 amide bonds. The third-order valence-corrected chi connectivity index (χ3v) is 10.6. The third-order valence-electron chi connectivity index (χ3n) is 5.41. The van der Waals surface area contributed by atoms with Crippen molar-refractivity contribution in [3.05, 3.63) is 60.7 Å². The summed E-state index contributed by atoms with van der Waals surface area (Å²) in [6.07, 6.45) is 3.46. The molecule has 2 heterocycles. The third kappa shape index (κ3) is 2.59. The lowest BCUT2D eigenvalue weighted by Gasteiger charge is -2.33. The number of rotatable bonds is 3.